The van der Waals surface area contributed by atoms with Crippen LogP contribution in [-0.2, 0) is 0 Å². The van der Waals surface area contributed by atoms with E-state index in [9.17, 15) is 4.91 Å². The molecule has 0 aromatic heterocycles. The van der Waals surface area contributed by atoms with E-state index in [0.29, 0.717) is 17.9 Å². The molecule has 3 heteroatoms. The number of hydrogen-bond donors (Lipinski definition) is 0. The average molecular weight is 144 g/mol. The highest BCUT2D eigenvalue weighted by atomic mass is 16.3. The fraction of sp³-hybridized carbons (Fsp3) is 1.00. The Kier molecular flexibility index (Phi) is 0.710. The van der Waals surface area contributed by atoms with Gasteiger partial charge in [0.15, 0.2) is 0 Å². The summed E-state index contributed by atoms with van der Waals surface area (Å²) >= 11 is 0. The van der Waals surface area contributed by atoms with Gasteiger partial charge in [0.05, 0.1) is 10.8 Å². The summed E-state index contributed by atoms with van der Waals surface area (Å²) in [4.78, 5) is 10.5. The molecule has 0 spiro atoms. The van der Waals surface area contributed by atoms with Crippen LogP contribution in [0, 0.1) is 16.7 Å². The molecule has 0 amide bonds. The summed E-state index contributed by atoms with van der Waals surface area (Å²) in [7, 11) is 0. The Morgan fingerprint density at radius 2 is 2.00 bits per heavy atom. The molecule has 0 aromatic carbocycles. The molecule has 1 saturated heterocycles. The fourth-order valence-electron chi connectivity index (χ4n) is 1.67. The number of rotatable bonds is 1. The molecular weight excluding hydrogens is 128 g/mol. The van der Waals surface area contributed by atoms with Crippen molar-refractivity contribution in [2.24, 2.45) is 17.1 Å². The van der Waals surface area contributed by atoms with Crippen LogP contribution in [0.3, 0.4) is 0 Å². The summed E-state index contributed by atoms with van der Waals surface area (Å²) in [5.74, 6) is -0.787. The first kappa shape index (κ1) is 3.20. The van der Waals surface area contributed by atoms with Crippen LogP contribution < -0.4 is 0 Å². The minimum atomic E-state index is -1.92. The normalized spacial score (nSPS) is 54.2. The van der Waals surface area contributed by atoms with E-state index in [2.05, 4.69) is 5.29 Å². The van der Waals surface area contributed by atoms with Crippen LogP contribution in [0.1, 0.15) is 24.7 Å². The molecule has 0 radical (unpaired) electrons. The van der Waals surface area contributed by atoms with Crippen molar-refractivity contribution in [1.29, 1.82) is 0 Å². The van der Waals surface area contributed by atoms with Gasteiger partial charge in [-0.1, -0.05) is 6.42 Å². The molecule has 2 atom stereocenters. The maximum atomic E-state index is 10.5. The summed E-state index contributed by atoms with van der Waals surface area (Å²) in [6, 6.07) is 0. The minimum absolute atomic E-state index is 0.393. The zero-order valence-electron chi connectivity index (χ0n) is 9.58. The lowest BCUT2D eigenvalue weighted by Crippen LogP contribution is -2.13. The Labute approximate surface area is 66.0 Å². The standard InChI is InChI=1S/C7H12N2O/c10-8-9-4-6-2-1-3-7(6)5-9/h6-7H,1-5H2/i4D2,5D2. The monoisotopic (exact) mass is 144 g/mol. The van der Waals surface area contributed by atoms with Crippen LogP contribution >= 0.6 is 0 Å². The molecule has 1 heterocycles. The van der Waals surface area contributed by atoms with Gasteiger partial charge in [-0.2, -0.15) is 0 Å². The second-order valence-electron chi connectivity index (χ2n) is 2.80. The molecular formula is C7H12N2O. The van der Waals surface area contributed by atoms with Crippen LogP contribution in [0.5, 0.6) is 0 Å². The summed E-state index contributed by atoms with van der Waals surface area (Å²) in [5, 5.41) is 2.98. The highest BCUT2D eigenvalue weighted by molar-refractivity contribution is 4.86. The van der Waals surface area contributed by atoms with Gasteiger partial charge in [0.25, 0.3) is 0 Å². The van der Waals surface area contributed by atoms with Gasteiger partial charge in [-0.3, -0.25) is 5.01 Å². The van der Waals surface area contributed by atoms with Gasteiger partial charge in [0.1, 0.15) is 0 Å². The van der Waals surface area contributed by atoms with Crippen LogP contribution in [-0.4, -0.2) is 18.0 Å². The van der Waals surface area contributed by atoms with Gasteiger partial charge in [0, 0.05) is 13.0 Å². The van der Waals surface area contributed by atoms with E-state index in [4.69, 9.17) is 5.48 Å². The Morgan fingerprint density at radius 1 is 1.40 bits per heavy atom. The maximum absolute atomic E-state index is 10.5. The lowest BCUT2D eigenvalue weighted by molar-refractivity contribution is 0.324. The van der Waals surface area contributed by atoms with Crippen molar-refractivity contribution in [2.75, 3.05) is 13.0 Å². The van der Waals surface area contributed by atoms with Gasteiger partial charge in [-0.25, -0.2) is 0 Å². The number of hydrogen-bond acceptors (Lipinski definition) is 2. The third-order valence-corrected chi connectivity index (χ3v) is 2.17. The van der Waals surface area contributed by atoms with Crippen molar-refractivity contribution in [3.63, 3.8) is 0 Å². The lowest BCUT2D eigenvalue weighted by Gasteiger charge is -2.05. The smallest absolute Gasteiger partial charge is 0.0524 e. The predicted molar refractivity (Wildman–Crippen MR) is 38.2 cm³/mol. The average Bonchev–Trinajstić information content (AvgIpc) is 2.55. The Hall–Kier alpha value is -0.600. The van der Waals surface area contributed by atoms with Gasteiger partial charge >= 0.3 is 0 Å². The molecule has 10 heavy (non-hydrogen) atoms. The highest BCUT2D eigenvalue weighted by Crippen LogP contribution is 2.37. The minimum Gasteiger partial charge on any atom is -0.260 e. The molecule has 2 aliphatic rings. The van der Waals surface area contributed by atoms with Crippen LogP contribution in [0.2, 0.25) is 0 Å². The second-order valence-corrected chi connectivity index (χ2v) is 2.80. The number of fused-ring (bicyclic) bond motifs is 1. The SMILES string of the molecule is [2H]C1([2H])C2CCCC2C([2H])([2H])N1N=O. The molecule has 0 aromatic rings. The summed E-state index contributed by atoms with van der Waals surface area (Å²) < 4.78 is 30.7. The predicted octanol–water partition coefficient (Wildman–Crippen LogP) is 1.40. The third-order valence-electron chi connectivity index (χ3n) is 2.17. The number of nitroso groups, excluding NO2 is 1. The topological polar surface area (TPSA) is 32.7 Å². The van der Waals surface area contributed by atoms with Gasteiger partial charge in [-0.15, -0.1) is 4.91 Å². The lowest BCUT2D eigenvalue weighted by atomic mass is 10.0. The van der Waals surface area contributed by atoms with E-state index in [1.807, 2.05) is 0 Å². The van der Waals surface area contributed by atoms with Gasteiger partial charge in [-0.05, 0) is 24.7 Å². The second kappa shape index (κ2) is 2.22. The Balaban J connectivity index is 2.41. The molecule has 2 unspecified atom stereocenters. The third kappa shape index (κ3) is 0.805. The van der Waals surface area contributed by atoms with Crippen molar-refractivity contribution in [2.45, 2.75) is 19.3 Å². The van der Waals surface area contributed by atoms with E-state index >= 15 is 0 Å². The fourth-order valence-corrected chi connectivity index (χ4v) is 1.67. The Morgan fingerprint density at radius 3 is 2.50 bits per heavy atom. The first-order valence-electron chi connectivity index (χ1n) is 5.56. The van der Waals surface area contributed by atoms with Gasteiger partial charge < -0.3 is 0 Å². The van der Waals surface area contributed by atoms with Gasteiger partial charge in [0.2, 0.25) is 0 Å². The van der Waals surface area contributed by atoms with Crippen molar-refractivity contribution in [3.05, 3.63) is 4.91 Å². The molecule has 56 valence electrons. The van der Waals surface area contributed by atoms with E-state index in [1.165, 1.54) is 0 Å². The van der Waals surface area contributed by atoms with E-state index in [1.54, 1.807) is 0 Å². The molecule has 1 saturated carbocycles. The van der Waals surface area contributed by atoms with E-state index in [-0.39, 0.29) is 0 Å². The van der Waals surface area contributed by atoms with Crippen LogP contribution in [0.4, 0.5) is 0 Å². The molecule has 2 rings (SSSR count). The van der Waals surface area contributed by atoms with Crippen LogP contribution in [0.15, 0.2) is 5.29 Å². The van der Waals surface area contributed by atoms with Crippen molar-refractivity contribution in [3.8, 4) is 0 Å². The maximum Gasteiger partial charge on any atom is 0.0524 e. The quantitative estimate of drug-likeness (QED) is 0.521. The molecule has 1 aliphatic carbocycles. The van der Waals surface area contributed by atoms with Crippen molar-refractivity contribution >= 4 is 0 Å². The molecule has 2 fully saturated rings. The summed E-state index contributed by atoms with van der Waals surface area (Å²) in [6.45, 7) is -3.85. The number of nitrogens with zero attached hydrogens (tertiary/aromatic N) is 2. The molecule has 3 nitrogen and oxygen atoms in total. The highest BCUT2D eigenvalue weighted by Gasteiger charge is 2.36. The largest absolute Gasteiger partial charge is 0.260 e. The van der Waals surface area contributed by atoms with E-state index < -0.39 is 24.8 Å². The molecule has 1 aliphatic heterocycles. The first-order chi connectivity index (χ1) is 6.42. The van der Waals surface area contributed by atoms with E-state index in [0.717, 1.165) is 6.42 Å². The van der Waals surface area contributed by atoms with Crippen molar-refractivity contribution in [1.82, 2.24) is 5.01 Å². The molecule has 0 bridgehead atoms. The zero-order valence-corrected chi connectivity index (χ0v) is 5.58. The zero-order chi connectivity index (χ0) is 10.6. The Bertz CT molecular complexity index is 248. The first-order valence-corrected chi connectivity index (χ1v) is 3.56. The summed E-state index contributed by atoms with van der Waals surface area (Å²) in [5.41, 5.74) is 0. The van der Waals surface area contributed by atoms with Crippen molar-refractivity contribution < 1.29 is 5.48 Å². The summed E-state index contributed by atoms with van der Waals surface area (Å²) in [6.07, 6.45) is 2.12. The van der Waals surface area contributed by atoms with Crippen LogP contribution in [0.25, 0.3) is 0 Å². The molecule has 0 N–H and O–H groups in total.